The molecule has 4 heteroatoms. The van der Waals surface area contributed by atoms with E-state index in [9.17, 15) is 4.39 Å². The van der Waals surface area contributed by atoms with Crippen LogP contribution in [-0.4, -0.2) is 10.2 Å². The Morgan fingerprint density at radius 1 is 1.00 bits per heavy atom. The molecule has 0 atom stereocenters. The molecule has 1 aliphatic heterocycles. The van der Waals surface area contributed by atoms with E-state index in [1.54, 1.807) is 12.1 Å². The lowest BCUT2D eigenvalue weighted by Crippen LogP contribution is -1.91. The molecule has 0 spiro atoms. The van der Waals surface area contributed by atoms with Crippen LogP contribution in [0.4, 0.5) is 15.9 Å². The van der Waals surface area contributed by atoms with Gasteiger partial charge < -0.3 is 5.32 Å². The number of rotatable bonds is 2. The van der Waals surface area contributed by atoms with E-state index in [0.717, 1.165) is 33.5 Å². The van der Waals surface area contributed by atoms with Crippen molar-refractivity contribution in [1.82, 2.24) is 10.2 Å². The van der Waals surface area contributed by atoms with Crippen molar-refractivity contribution in [2.45, 2.75) is 6.92 Å². The first kappa shape index (κ1) is 12.0. The summed E-state index contributed by atoms with van der Waals surface area (Å²) in [4.78, 5) is 0. The normalized spacial score (nSPS) is 11.3. The van der Waals surface area contributed by atoms with Crippen molar-refractivity contribution in [2.24, 2.45) is 0 Å². The zero-order valence-corrected chi connectivity index (χ0v) is 11.5. The molecule has 21 heavy (non-hydrogen) atoms. The van der Waals surface area contributed by atoms with Crippen LogP contribution < -0.4 is 5.32 Å². The first-order valence-electron chi connectivity index (χ1n) is 6.83. The van der Waals surface area contributed by atoms with Gasteiger partial charge in [-0.15, -0.1) is 0 Å². The molecule has 0 aromatic heterocycles. The lowest BCUT2D eigenvalue weighted by molar-refractivity contribution is 0.630. The molecule has 0 bridgehead atoms. The SMILES string of the molecule is Cc1cccc(Nc2[nH][nH]c3c4ccc(F)cc4cc2-3)c1. The summed E-state index contributed by atoms with van der Waals surface area (Å²) in [7, 11) is 0. The van der Waals surface area contributed by atoms with E-state index in [2.05, 4.69) is 34.6 Å². The number of anilines is 2. The average molecular weight is 279 g/mol. The molecule has 104 valence electrons. The first-order chi connectivity index (χ1) is 10.2. The summed E-state index contributed by atoms with van der Waals surface area (Å²) in [6.45, 7) is 2.06. The first-order valence-corrected chi connectivity index (χ1v) is 6.83. The highest BCUT2D eigenvalue weighted by atomic mass is 19.1. The Hall–Kier alpha value is -2.75. The molecule has 1 aliphatic carbocycles. The van der Waals surface area contributed by atoms with Crippen LogP contribution in [0.3, 0.4) is 0 Å². The highest BCUT2D eigenvalue weighted by Gasteiger charge is 2.17. The van der Waals surface area contributed by atoms with Crippen LogP contribution in [0.15, 0.2) is 48.5 Å². The molecule has 4 rings (SSSR count). The molecule has 0 amide bonds. The molecule has 0 fully saturated rings. The van der Waals surface area contributed by atoms with E-state index in [1.165, 1.54) is 11.6 Å². The van der Waals surface area contributed by atoms with Gasteiger partial charge in [-0.3, -0.25) is 10.2 Å². The van der Waals surface area contributed by atoms with Gasteiger partial charge in [0.15, 0.2) is 0 Å². The molecular formula is C17H14FN3. The number of H-pyrrole nitrogens is 2. The molecule has 2 aromatic carbocycles. The smallest absolute Gasteiger partial charge is 0.132 e. The lowest BCUT2D eigenvalue weighted by Gasteiger charge is -2.05. The van der Waals surface area contributed by atoms with Crippen LogP contribution in [0.25, 0.3) is 22.0 Å². The maximum atomic E-state index is 13.3. The fourth-order valence-electron chi connectivity index (χ4n) is 2.74. The summed E-state index contributed by atoms with van der Waals surface area (Å²) in [5, 5.41) is 11.6. The number of benzene rings is 2. The van der Waals surface area contributed by atoms with Crippen molar-refractivity contribution in [3.63, 3.8) is 0 Å². The average Bonchev–Trinajstić information content (AvgIpc) is 2.98. The van der Waals surface area contributed by atoms with Crippen molar-refractivity contribution in [3.05, 3.63) is 59.9 Å². The molecule has 0 saturated carbocycles. The number of aryl methyl sites for hydroxylation is 1. The third-order valence-electron chi connectivity index (χ3n) is 3.72. The second-order valence-corrected chi connectivity index (χ2v) is 5.28. The molecule has 2 aromatic rings. The van der Waals surface area contributed by atoms with Gasteiger partial charge in [-0.05, 0) is 54.3 Å². The molecule has 3 nitrogen and oxygen atoms in total. The Bertz CT molecular complexity index is 904. The minimum absolute atomic E-state index is 0.215. The predicted molar refractivity (Wildman–Crippen MR) is 83.7 cm³/mol. The van der Waals surface area contributed by atoms with Crippen LogP contribution in [0.2, 0.25) is 0 Å². The van der Waals surface area contributed by atoms with Gasteiger partial charge in [-0.2, -0.15) is 0 Å². The molecule has 0 saturated heterocycles. The van der Waals surface area contributed by atoms with E-state index in [1.807, 2.05) is 18.2 Å². The predicted octanol–water partition coefficient (Wildman–Crippen LogP) is 4.79. The Morgan fingerprint density at radius 3 is 2.76 bits per heavy atom. The molecule has 3 N–H and O–H groups in total. The van der Waals surface area contributed by atoms with Gasteiger partial charge in [-0.25, -0.2) is 4.39 Å². The highest BCUT2D eigenvalue weighted by molar-refractivity contribution is 6.04. The van der Waals surface area contributed by atoms with Gasteiger partial charge in [0.1, 0.15) is 11.6 Å². The van der Waals surface area contributed by atoms with Gasteiger partial charge in [0.2, 0.25) is 0 Å². The Balaban J connectivity index is 1.79. The van der Waals surface area contributed by atoms with Crippen LogP contribution >= 0.6 is 0 Å². The Morgan fingerprint density at radius 2 is 1.90 bits per heavy atom. The number of aromatic amines is 2. The number of fused-ring (bicyclic) bond motifs is 3. The standard InChI is InChI=1S/C17H14FN3/c1-10-3-2-4-13(7-10)19-17-15-9-11-8-12(18)5-6-14(11)16(15)20-21-17/h2-9,19-21H,1H3. The molecular weight excluding hydrogens is 265 g/mol. The second kappa shape index (κ2) is 4.38. The van der Waals surface area contributed by atoms with E-state index >= 15 is 0 Å². The monoisotopic (exact) mass is 279 g/mol. The van der Waals surface area contributed by atoms with Gasteiger partial charge in [0.25, 0.3) is 0 Å². The van der Waals surface area contributed by atoms with Gasteiger partial charge >= 0.3 is 0 Å². The van der Waals surface area contributed by atoms with Gasteiger partial charge in [0.05, 0.1) is 5.69 Å². The quantitative estimate of drug-likeness (QED) is 0.485. The summed E-state index contributed by atoms with van der Waals surface area (Å²) in [5.41, 5.74) is 4.22. The summed E-state index contributed by atoms with van der Waals surface area (Å²) >= 11 is 0. The summed E-state index contributed by atoms with van der Waals surface area (Å²) in [6, 6.07) is 15.0. The second-order valence-electron chi connectivity index (χ2n) is 5.28. The van der Waals surface area contributed by atoms with Crippen molar-refractivity contribution >= 4 is 22.3 Å². The van der Waals surface area contributed by atoms with Crippen molar-refractivity contribution in [1.29, 1.82) is 0 Å². The summed E-state index contributed by atoms with van der Waals surface area (Å²) in [6.07, 6.45) is 0. The van der Waals surface area contributed by atoms with Crippen LogP contribution in [-0.2, 0) is 0 Å². The largest absolute Gasteiger partial charge is 0.340 e. The number of aromatic nitrogens is 2. The number of hydrogen-bond donors (Lipinski definition) is 3. The fraction of sp³-hybridized carbons (Fsp3) is 0.0588. The van der Waals surface area contributed by atoms with Gasteiger partial charge in [0, 0.05) is 16.6 Å². The van der Waals surface area contributed by atoms with Crippen LogP contribution in [0, 0.1) is 12.7 Å². The van der Waals surface area contributed by atoms with E-state index in [0.29, 0.717) is 0 Å². The highest BCUT2D eigenvalue weighted by Crippen LogP contribution is 2.38. The zero-order chi connectivity index (χ0) is 14.4. The molecule has 1 heterocycles. The van der Waals surface area contributed by atoms with E-state index in [4.69, 9.17) is 0 Å². The minimum atomic E-state index is -0.215. The van der Waals surface area contributed by atoms with Crippen LogP contribution in [0.5, 0.6) is 0 Å². The van der Waals surface area contributed by atoms with Crippen molar-refractivity contribution in [3.8, 4) is 11.3 Å². The maximum absolute atomic E-state index is 13.3. The summed E-state index contributed by atoms with van der Waals surface area (Å²) < 4.78 is 13.3. The third-order valence-corrected chi connectivity index (χ3v) is 3.72. The molecule has 0 radical (unpaired) electrons. The third kappa shape index (κ3) is 1.96. The number of halogens is 1. The summed E-state index contributed by atoms with van der Waals surface area (Å²) in [5.74, 6) is 0.666. The number of nitrogens with one attached hydrogen (secondary N) is 3. The zero-order valence-electron chi connectivity index (χ0n) is 11.5. The fourth-order valence-corrected chi connectivity index (χ4v) is 2.74. The Kier molecular flexibility index (Phi) is 2.51. The Labute approximate surface area is 121 Å². The lowest BCUT2D eigenvalue weighted by atomic mass is 10.2. The maximum Gasteiger partial charge on any atom is 0.132 e. The van der Waals surface area contributed by atoms with E-state index < -0.39 is 0 Å². The molecule has 0 unspecified atom stereocenters. The number of hydrogen-bond acceptors (Lipinski definition) is 1. The van der Waals surface area contributed by atoms with E-state index in [-0.39, 0.29) is 5.82 Å². The topological polar surface area (TPSA) is 43.6 Å². The van der Waals surface area contributed by atoms with Crippen molar-refractivity contribution < 1.29 is 4.39 Å². The van der Waals surface area contributed by atoms with Gasteiger partial charge in [-0.1, -0.05) is 12.1 Å². The minimum Gasteiger partial charge on any atom is -0.340 e. The van der Waals surface area contributed by atoms with Crippen molar-refractivity contribution in [2.75, 3.05) is 5.32 Å². The van der Waals surface area contributed by atoms with Crippen LogP contribution in [0.1, 0.15) is 5.56 Å². The molecule has 2 aliphatic rings.